The van der Waals surface area contributed by atoms with E-state index < -0.39 is 7.37 Å². The predicted molar refractivity (Wildman–Crippen MR) is 53.1 cm³/mol. The zero-order chi connectivity index (χ0) is 10.1. The Labute approximate surface area is 77.8 Å². The van der Waals surface area contributed by atoms with Crippen molar-refractivity contribution >= 4 is 12.7 Å². The minimum atomic E-state index is -3.13. The largest absolute Gasteiger partial charge is 0.496 e. The minimum Gasteiger partial charge on any atom is -0.496 e. The Kier molecular flexibility index (Phi) is 2.79. The summed E-state index contributed by atoms with van der Waals surface area (Å²) in [6.45, 7) is 3.17. The van der Waals surface area contributed by atoms with Crippen LogP contribution in [0, 0.1) is 6.92 Å². The van der Waals surface area contributed by atoms with E-state index in [1.807, 2.05) is 6.92 Å². The van der Waals surface area contributed by atoms with Crippen LogP contribution in [0.2, 0.25) is 0 Å². The van der Waals surface area contributed by atoms with Crippen molar-refractivity contribution in [2.24, 2.45) is 0 Å². The van der Waals surface area contributed by atoms with Crippen molar-refractivity contribution in [3.8, 4) is 5.75 Å². The Hall–Kier alpha value is -0.790. The summed E-state index contributed by atoms with van der Waals surface area (Å²) in [7, 11) is -1.56. The third-order valence-corrected chi connectivity index (χ3v) is 3.09. The van der Waals surface area contributed by atoms with E-state index in [2.05, 4.69) is 0 Å². The molecule has 1 atom stereocenters. The van der Waals surface area contributed by atoms with Gasteiger partial charge in [-0.25, -0.2) is 0 Å². The Morgan fingerprint density at radius 1 is 1.46 bits per heavy atom. The van der Waals surface area contributed by atoms with Crippen LogP contribution in [0.5, 0.6) is 5.75 Å². The lowest BCUT2D eigenvalue weighted by molar-refractivity contribution is 0.412. The lowest BCUT2D eigenvalue weighted by Gasteiger charge is -2.09. The Balaban J connectivity index is 3.18. The number of ether oxygens (including phenoxy) is 1. The van der Waals surface area contributed by atoms with E-state index in [-0.39, 0.29) is 0 Å². The van der Waals surface area contributed by atoms with Crippen LogP contribution >= 0.6 is 7.37 Å². The van der Waals surface area contributed by atoms with Crippen molar-refractivity contribution in [3.05, 3.63) is 23.8 Å². The average molecular weight is 200 g/mol. The van der Waals surface area contributed by atoms with Gasteiger partial charge in [-0.1, -0.05) is 0 Å². The Bertz CT molecular complexity index is 354. The van der Waals surface area contributed by atoms with Crippen molar-refractivity contribution < 1.29 is 14.2 Å². The van der Waals surface area contributed by atoms with Crippen LogP contribution in [0.25, 0.3) is 0 Å². The van der Waals surface area contributed by atoms with Crippen LogP contribution in [-0.2, 0) is 4.57 Å². The van der Waals surface area contributed by atoms with Crippen LogP contribution in [0.3, 0.4) is 0 Å². The summed E-state index contributed by atoms with van der Waals surface area (Å²) >= 11 is 0. The van der Waals surface area contributed by atoms with Gasteiger partial charge in [-0.2, -0.15) is 0 Å². The van der Waals surface area contributed by atoms with E-state index in [1.165, 1.54) is 6.66 Å². The number of rotatable bonds is 2. The molecule has 0 saturated carbocycles. The molecule has 0 aliphatic rings. The quantitative estimate of drug-likeness (QED) is 0.736. The topological polar surface area (TPSA) is 46.5 Å². The first-order chi connectivity index (χ1) is 5.95. The summed E-state index contributed by atoms with van der Waals surface area (Å²) in [6, 6.07) is 5.00. The Morgan fingerprint density at radius 3 is 2.46 bits per heavy atom. The van der Waals surface area contributed by atoms with Gasteiger partial charge in [0, 0.05) is 12.0 Å². The van der Waals surface area contributed by atoms with Crippen LogP contribution in [0.4, 0.5) is 0 Å². The highest BCUT2D eigenvalue weighted by Crippen LogP contribution is 2.35. The molecular formula is C9H13O3P. The smallest absolute Gasteiger partial charge is 0.226 e. The number of methoxy groups -OCH3 is 1. The molecule has 1 aromatic rings. The van der Waals surface area contributed by atoms with Crippen LogP contribution in [-0.4, -0.2) is 18.7 Å². The zero-order valence-corrected chi connectivity index (χ0v) is 8.84. The first-order valence-corrected chi connectivity index (χ1v) is 6.01. The monoisotopic (exact) mass is 200 g/mol. The zero-order valence-electron chi connectivity index (χ0n) is 7.94. The van der Waals surface area contributed by atoms with Crippen LogP contribution in [0.1, 0.15) is 5.56 Å². The van der Waals surface area contributed by atoms with Crippen molar-refractivity contribution in [2.45, 2.75) is 6.92 Å². The second-order valence-corrected chi connectivity index (χ2v) is 5.31. The Morgan fingerprint density at radius 2 is 2.08 bits per heavy atom. The fraction of sp³-hybridized carbons (Fsp3) is 0.333. The van der Waals surface area contributed by atoms with Gasteiger partial charge in [0.2, 0.25) is 7.37 Å². The first-order valence-electron chi connectivity index (χ1n) is 3.90. The van der Waals surface area contributed by atoms with E-state index in [0.717, 1.165) is 11.3 Å². The van der Waals surface area contributed by atoms with Gasteiger partial charge in [0.1, 0.15) is 5.75 Å². The van der Waals surface area contributed by atoms with Gasteiger partial charge < -0.3 is 9.63 Å². The molecule has 13 heavy (non-hydrogen) atoms. The summed E-state index contributed by atoms with van der Waals surface area (Å²) < 4.78 is 16.3. The SMILES string of the molecule is COc1ccc(P(C)(=O)O)cc1C. The molecule has 0 aliphatic carbocycles. The highest BCUT2D eigenvalue weighted by atomic mass is 31.2. The second kappa shape index (κ2) is 3.52. The van der Waals surface area contributed by atoms with Crippen molar-refractivity contribution in [1.29, 1.82) is 0 Å². The van der Waals surface area contributed by atoms with Gasteiger partial charge in [0.05, 0.1) is 7.11 Å². The number of hydrogen-bond donors (Lipinski definition) is 1. The number of benzene rings is 1. The molecule has 72 valence electrons. The molecule has 0 spiro atoms. The van der Waals surface area contributed by atoms with Crippen LogP contribution < -0.4 is 10.0 Å². The van der Waals surface area contributed by atoms with E-state index in [4.69, 9.17) is 4.74 Å². The maximum atomic E-state index is 11.3. The molecular weight excluding hydrogens is 187 g/mol. The molecule has 0 fully saturated rings. The molecule has 0 bridgehead atoms. The summed E-state index contributed by atoms with van der Waals surface area (Å²) in [5.74, 6) is 0.734. The van der Waals surface area contributed by atoms with E-state index >= 15 is 0 Å². The van der Waals surface area contributed by atoms with Gasteiger partial charge in [-0.3, -0.25) is 4.57 Å². The fourth-order valence-corrected chi connectivity index (χ4v) is 1.90. The van der Waals surface area contributed by atoms with Crippen molar-refractivity contribution in [3.63, 3.8) is 0 Å². The van der Waals surface area contributed by atoms with E-state index in [9.17, 15) is 9.46 Å². The number of aryl methyl sites for hydroxylation is 1. The van der Waals surface area contributed by atoms with Crippen molar-refractivity contribution in [2.75, 3.05) is 13.8 Å². The second-order valence-electron chi connectivity index (χ2n) is 3.03. The predicted octanol–water partition coefficient (Wildman–Crippen LogP) is 1.53. The van der Waals surface area contributed by atoms with Gasteiger partial charge in [-0.05, 0) is 30.7 Å². The first kappa shape index (κ1) is 10.3. The highest BCUT2D eigenvalue weighted by molar-refractivity contribution is 7.65. The maximum Gasteiger partial charge on any atom is 0.226 e. The lowest BCUT2D eigenvalue weighted by Crippen LogP contribution is -2.04. The van der Waals surface area contributed by atoms with E-state index in [0.29, 0.717) is 5.30 Å². The average Bonchev–Trinajstić information content (AvgIpc) is 2.02. The molecule has 0 radical (unpaired) electrons. The molecule has 1 aromatic carbocycles. The summed E-state index contributed by atoms with van der Waals surface area (Å²) in [4.78, 5) is 9.29. The molecule has 0 aromatic heterocycles. The molecule has 0 heterocycles. The molecule has 1 N–H and O–H groups in total. The van der Waals surface area contributed by atoms with Gasteiger partial charge in [-0.15, -0.1) is 0 Å². The molecule has 0 amide bonds. The number of hydrogen-bond acceptors (Lipinski definition) is 2. The third-order valence-electron chi connectivity index (χ3n) is 1.86. The molecule has 4 heteroatoms. The standard InChI is InChI=1S/C9H13O3P/c1-7-6-8(13(3,10)11)4-5-9(7)12-2/h4-6H,1-3H3,(H,10,11). The van der Waals surface area contributed by atoms with Gasteiger partial charge in [0.15, 0.2) is 0 Å². The minimum absolute atomic E-state index is 0.464. The van der Waals surface area contributed by atoms with Gasteiger partial charge >= 0.3 is 0 Å². The van der Waals surface area contributed by atoms with E-state index in [1.54, 1.807) is 25.3 Å². The third kappa shape index (κ3) is 2.33. The summed E-state index contributed by atoms with van der Waals surface area (Å²) in [5, 5.41) is 0.464. The molecule has 1 rings (SSSR count). The van der Waals surface area contributed by atoms with Crippen molar-refractivity contribution in [1.82, 2.24) is 0 Å². The fourth-order valence-electron chi connectivity index (χ4n) is 1.12. The van der Waals surface area contributed by atoms with Crippen LogP contribution in [0.15, 0.2) is 18.2 Å². The molecule has 0 saturated heterocycles. The molecule has 3 nitrogen and oxygen atoms in total. The summed E-state index contributed by atoms with van der Waals surface area (Å²) in [6.07, 6.45) is 0. The molecule has 1 unspecified atom stereocenters. The van der Waals surface area contributed by atoms with Gasteiger partial charge in [0.25, 0.3) is 0 Å². The molecule has 0 aliphatic heterocycles. The lowest BCUT2D eigenvalue weighted by atomic mass is 10.2. The maximum absolute atomic E-state index is 11.3. The highest BCUT2D eigenvalue weighted by Gasteiger charge is 2.14. The summed E-state index contributed by atoms with van der Waals surface area (Å²) in [5.41, 5.74) is 0.871. The normalized spacial score (nSPS) is 15.1.